The second-order valence-corrected chi connectivity index (χ2v) is 10.8. The standard InChI is InChI=1S/C28H26Cl2FN2O2/c1-17-3-10-25-22(13-17)23-15-33(2,16-27(34)21-9-6-19(29)14-24(21)30)12-11-26(23)32(25)28(35)18-4-7-20(31)8-5-18/h3-10,13-14,23,26H,11-12,15-16H2,1-2H3/q+1. The smallest absolute Gasteiger partial charge is 0.258 e. The molecule has 0 bridgehead atoms. The van der Waals surface area contributed by atoms with Crippen molar-refractivity contribution in [2.75, 3.05) is 31.6 Å². The van der Waals surface area contributed by atoms with Crippen molar-refractivity contribution in [3.8, 4) is 0 Å². The third-order valence-corrected chi connectivity index (χ3v) is 7.85. The van der Waals surface area contributed by atoms with Crippen molar-refractivity contribution < 1.29 is 18.5 Å². The Bertz CT molecular complexity index is 1330. The zero-order valence-electron chi connectivity index (χ0n) is 19.6. The Balaban J connectivity index is 1.44. The van der Waals surface area contributed by atoms with Gasteiger partial charge in [-0.1, -0.05) is 40.9 Å². The number of likely N-dealkylation sites (tertiary alicyclic amines) is 1. The van der Waals surface area contributed by atoms with Gasteiger partial charge in [0.15, 0.2) is 0 Å². The van der Waals surface area contributed by atoms with Gasteiger partial charge >= 0.3 is 0 Å². The number of benzene rings is 3. The van der Waals surface area contributed by atoms with E-state index in [-0.39, 0.29) is 29.5 Å². The Morgan fingerprint density at radius 3 is 2.51 bits per heavy atom. The summed E-state index contributed by atoms with van der Waals surface area (Å²) in [5, 5.41) is 0.860. The predicted octanol–water partition coefficient (Wildman–Crippen LogP) is 6.29. The van der Waals surface area contributed by atoms with Crippen LogP contribution in [0.4, 0.5) is 10.1 Å². The van der Waals surface area contributed by atoms with Crippen LogP contribution in [-0.2, 0) is 0 Å². The highest BCUT2D eigenvalue weighted by molar-refractivity contribution is 6.36. The normalized spacial score (nSPS) is 23.1. The highest BCUT2D eigenvalue weighted by atomic mass is 35.5. The molecule has 1 amide bonds. The number of rotatable bonds is 4. The maximum Gasteiger partial charge on any atom is 0.258 e. The number of aryl methyl sites for hydroxylation is 1. The van der Waals surface area contributed by atoms with Gasteiger partial charge in [0.05, 0.1) is 37.1 Å². The molecule has 0 saturated carbocycles. The van der Waals surface area contributed by atoms with Crippen molar-refractivity contribution in [3.05, 3.63) is 98.8 Å². The van der Waals surface area contributed by atoms with E-state index >= 15 is 0 Å². The summed E-state index contributed by atoms with van der Waals surface area (Å²) < 4.78 is 14.0. The molecule has 35 heavy (non-hydrogen) atoms. The number of ketones is 1. The lowest BCUT2D eigenvalue weighted by Gasteiger charge is -2.44. The molecule has 1 fully saturated rings. The largest absolute Gasteiger partial charge is 0.319 e. The Morgan fingerprint density at radius 1 is 1.06 bits per heavy atom. The van der Waals surface area contributed by atoms with Crippen LogP contribution in [-0.4, -0.2) is 48.9 Å². The van der Waals surface area contributed by atoms with Crippen LogP contribution in [0, 0.1) is 12.7 Å². The summed E-state index contributed by atoms with van der Waals surface area (Å²) in [7, 11) is 2.10. The first-order valence-corrected chi connectivity index (χ1v) is 12.4. The van der Waals surface area contributed by atoms with Gasteiger partial charge in [0.25, 0.3) is 5.91 Å². The summed E-state index contributed by atoms with van der Waals surface area (Å²) in [5.41, 5.74) is 4.11. The minimum Gasteiger partial charge on any atom is -0.319 e. The molecule has 3 unspecified atom stereocenters. The number of quaternary nitrogens is 1. The molecule has 180 valence electrons. The average Bonchev–Trinajstić information content (AvgIpc) is 3.11. The zero-order valence-corrected chi connectivity index (χ0v) is 21.1. The number of nitrogens with zero attached hydrogens (tertiary/aromatic N) is 2. The van der Waals surface area contributed by atoms with E-state index in [1.165, 1.54) is 24.3 Å². The number of likely N-dealkylation sites (N-methyl/N-ethyl adjacent to an activating group) is 1. The molecule has 2 aliphatic rings. The first-order valence-electron chi connectivity index (χ1n) is 11.7. The molecule has 1 saturated heterocycles. The average molecular weight is 512 g/mol. The number of halogens is 3. The second kappa shape index (κ2) is 9.05. The Kier molecular flexibility index (Phi) is 6.20. The van der Waals surface area contributed by atoms with Crippen LogP contribution in [0.2, 0.25) is 10.0 Å². The summed E-state index contributed by atoms with van der Waals surface area (Å²) in [5.74, 6) is -0.411. The van der Waals surface area contributed by atoms with Gasteiger partial charge in [-0.25, -0.2) is 4.39 Å². The van der Waals surface area contributed by atoms with Gasteiger partial charge in [-0.15, -0.1) is 0 Å². The number of hydrogen-bond donors (Lipinski definition) is 0. The molecule has 3 aromatic carbocycles. The zero-order chi connectivity index (χ0) is 24.9. The van der Waals surface area contributed by atoms with Crippen LogP contribution in [0.15, 0.2) is 60.7 Å². The van der Waals surface area contributed by atoms with Gasteiger partial charge in [0.1, 0.15) is 12.4 Å². The van der Waals surface area contributed by atoms with Crippen LogP contribution in [0.5, 0.6) is 0 Å². The minimum atomic E-state index is -0.368. The van der Waals surface area contributed by atoms with Crippen molar-refractivity contribution in [1.29, 1.82) is 0 Å². The summed E-state index contributed by atoms with van der Waals surface area (Å²) in [4.78, 5) is 28.6. The lowest BCUT2D eigenvalue weighted by Crippen LogP contribution is -2.58. The van der Waals surface area contributed by atoms with E-state index in [4.69, 9.17) is 23.2 Å². The van der Waals surface area contributed by atoms with Crippen molar-refractivity contribution in [3.63, 3.8) is 0 Å². The van der Waals surface area contributed by atoms with Gasteiger partial charge < -0.3 is 9.38 Å². The predicted molar refractivity (Wildman–Crippen MR) is 137 cm³/mol. The summed E-state index contributed by atoms with van der Waals surface area (Å²) in [6.45, 7) is 3.84. The molecule has 0 aromatic heterocycles. The van der Waals surface area contributed by atoms with E-state index in [9.17, 15) is 14.0 Å². The fourth-order valence-electron chi connectivity index (χ4n) is 5.60. The highest BCUT2D eigenvalue weighted by Crippen LogP contribution is 2.47. The lowest BCUT2D eigenvalue weighted by molar-refractivity contribution is -0.907. The number of fused-ring (bicyclic) bond motifs is 3. The summed E-state index contributed by atoms with van der Waals surface area (Å²) in [6, 6.07) is 16.8. The Hall–Kier alpha value is -2.73. The molecule has 0 N–H and O–H groups in total. The maximum absolute atomic E-state index is 13.6. The van der Waals surface area contributed by atoms with Crippen LogP contribution in [0.1, 0.15) is 44.2 Å². The van der Waals surface area contributed by atoms with Crippen LogP contribution >= 0.6 is 23.2 Å². The number of carbonyl (C=O) groups is 2. The molecule has 0 aliphatic carbocycles. The Labute approximate surface area is 214 Å². The maximum atomic E-state index is 13.6. The number of hydrogen-bond acceptors (Lipinski definition) is 2. The second-order valence-electron chi connectivity index (χ2n) is 9.94. The van der Waals surface area contributed by atoms with Crippen LogP contribution in [0.3, 0.4) is 0 Å². The molecule has 5 rings (SSSR count). The highest BCUT2D eigenvalue weighted by Gasteiger charge is 2.49. The number of Topliss-reactive ketones (excluding diaryl/α,β-unsaturated/α-hetero) is 1. The monoisotopic (exact) mass is 511 g/mol. The van der Waals surface area contributed by atoms with Crippen molar-refractivity contribution >= 4 is 40.6 Å². The van der Waals surface area contributed by atoms with E-state index in [0.29, 0.717) is 32.2 Å². The first kappa shape index (κ1) is 24.0. The topological polar surface area (TPSA) is 37.4 Å². The van der Waals surface area contributed by atoms with E-state index in [0.717, 1.165) is 36.3 Å². The molecule has 2 heterocycles. The summed E-state index contributed by atoms with van der Waals surface area (Å²) >= 11 is 12.3. The fourth-order valence-corrected chi connectivity index (χ4v) is 6.11. The molecule has 4 nitrogen and oxygen atoms in total. The van der Waals surface area contributed by atoms with Crippen LogP contribution in [0.25, 0.3) is 0 Å². The van der Waals surface area contributed by atoms with E-state index in [2.05, 4.69) is 13.1 Å². The fraction of sp³-hybridized carbons (Fsp3) is 0.286. The first-order chi connectivity index (χ1) is 16.6. The van der Waals surface area contributed by atoms with Gasteiger partial charge in [0, 0.05) is 28.3 Å². The number of piperidine rings is 1. The van der Waals surface area contributed by atoms with Crippen molar-refractivity contribution in [1.82, 2.24) is 0 Å². The van der Waals surface area contributed by atoms with E-state index in [1.54, 1.807) is 18.2 Å². The molecular weight excluding hydrogens is 486 g/mol. The Morgan fingerprint density at radius 2 is 1.80 bits per heavy atom. The van der Waals surface area contributed by atoms with Gasteiger partial charge in [-0.2, -0.15) is 0 Å². The minimum absolute atomic E-state index is 0.00947. The van der Waals surface area contributed by atoms with E-state index < -0.39 is 0 Å². The summed E-state index contributed by atoms with van der Waals surface area (Å²) in [6.07, 6.45) is 0.753. The van der Waals surface area contributed by atoms with Crippen molar-refractivity contribution in [2.24, 2.45) is 0 Å². The lowest BCUT2D eigenvalue weighted by atomic mass is 9.87. The van der Waals surface area contributed by atoms with Crippen LogP contribution < -0.4 is 4.90 Å². The molecule has 0 spiro atoms. The molecule has 3 atom stereocenters. The number of carbonyl (C=O) groups excluding carboxylic acids is 2. The quantitative estimate of drug-likeness (QED) is 0.305. The third kappa shape index (κ3) is 4.49. The molecule has 0 radical (unpaired) electrons. The molecule has 7 heteroatoms. The van der Waals surface area contributed by atoms with Crippen molar-refractivity contribution in [2.45, 2.75) is 25.3 Å². The molecule has 2 aliphatic heterocycles. The molecular formula is C28H26Cl2FN2O2+. The van der Waals surface area contributed by atoms with Gasteiger partial charge in [-0.05, 0) is 61.0 Å². The number of anilines is 1. The number of amides is 1. The van der Waals surface area contributed by atoms with E-state index in [1.807, 2.05) is 24.0 Å². The SMILES string of the molecule is Cc1ccc2c(c1)C1C[N+](C)(CC(=O)c3ccc(Cl)cc3Cl)CCC1N2C(=O)c1ccc(F)cc1. The van der Waals surface area contributed by atoms with Gasteiger partial charge in [0.2, 0.25) is 5.78 Å². The molecule has 3 aromatic rings. The van der Waals surface area contributed by atoms with Gasteiger partial charge in [-0.3, -0.25) is 9.59 Å². The third-order valence-electron chi connectivity index (χ3n) is 7.31.